The molecular weight excluding hydrogens is 298 g/mol. The molecule has 0 amide bonds. The number of anilines is 1. The van der Waals surface area contributed by atoms with Crippen LogP contribution in [0.1, 0.15) is 41.2 Å². The van der Waals surface area contributed by atoms with Crippen molar-refractivity contribution in [1.82, 2.24) is 0 Å². The predicted molar refractivity (Wildman–Crippen MR) is 99.3 cm³/mol. The monoisotopic (exact) mass is 323 g/mol. The minimum Gasteiger partial charge on any atom is -0.386 e. The van der Waals surface area contributed by atoms with E-state index in [1.165, 1.54) is 29.5 Å². The number of fused-ring (bicyclic) bond motifs is 1. The fraction of sp³-hybridized carbons (Fsp3) is 0.350. The average Bonchev–Trinajstić information content (AvgIpc) is 2.61. The molecule has 1 unspecified atom stereocenters. The Morgan fingerprint density at radius 3 is 2.71 bits per heavy atom. The number of aliphatic hydroxyl groups is 1. The molecule has 4 nitrogen and oxygen atoms in total. The van der Waals surface area contributed by atoms with Crippen LogP contribution in [0.15, 0.2) is 47.5 Å². The van der Waals surface area contributed by atoms with Gasteiger partial charge in [0.2, 0.25) is 0 Å². The second kappa shape index (κ2) is 7.49. The minimum absolute atomic E-state index is 0.247. The summed E-state index contributed by atoms with van der Waals surface area (Å²) in [6.45, 7) is 2.27. The summed E-state index contributed by atoms with van der Waals surface area (Å²) in [6.07, 6.45) is 4.04. The zero-order chi connectivity index (χ0) is 16.9. The van der Waals surface area contributed by atoms with Gasteiger partial charge in [0.1, 0.15) is 0 Å². The van der Waals surface area contributed by atoms with Crippen molar-refractivity contribution < 1.29 is 5.11 Å². The van der Waals surface area contributed by atoms with E-state index in [0.29, 0.717) is 5.96 Å². The van der Waals surface area contributed by atoms with Crippen molar-refractivity contribution in [1.29, 1.82) is 0 Å². The van der Waals surface area contributed by atoms with Crippen molar-refractivity contribution in [3.63, 3.8) is 0 Å². The highest BCUT2D eigenvalue weighted by molar-refractivity contribution is 5.93. The van der Waals surface area contributed by atoms with Crippen LogP contribution in [0.5, 0.6) is 0 Å². The van der Waals surface area contributed by atoms with Crippen molar-refractivity contribution in [3.05, 3.63) is 64.7 Å². The number of hydrogen-bond acceptors (Lipinski definition) is 2. The maximum Gasteiger partial charge on any atom is 0.193 e. The molecule has 0 radical (unpaired) electrons. The van der Waals surface area contributed by atoms with E-state index in [1.54, 1.807) is 0 Å². The van der Waals surface area contributed by atoms with Crippen molar-refractivity contribution in [2.75, 3.05) is 11.9 Å². The van der Waals surface area contributed by atoms with Gasteiger partial charge in [-0.15, -0.1) is 0 Å². The zero-order valence-corrected chi connectivity index (χ0v) is 14.1. The van der Waals surface area contributed by atoms with E-state index in [-0.39, 0.29) is 6.54 Å². The van der Waals surface area contributed by atoms with Crippen LogP contribution >= 0.6 is 0 Å². The van der Waals surface area contributed by atoms with Crippen molar-refractivity contribution in [2.45, 2.75) is 38.7 Å². The third kappa shape index (κ3) is 3.95. The molecule has 2 aromatic rings. The molecule has 4 heteroatoms. The molecule has 1 aliphatic rings. The largest absolute Gasteiger partial charge is 0.386 e. The van der Waals surface area contributed by atoms with E-state index < -0.39 is 6.10 Å². The first-order valence-corrected chi connectivity index (χ1v) is 8.56. The van der Waals surface area contributed by atoms with E-state index >= 15 is 0 Å². The highest BCUT2D eigenvalue weighted by Gasteiger charge is 2.13. The molecule has 0 saturated heterocycles. The first-order chi connectivity index (χ1) is 11.6. The van der Waals surface area contributed by atoms with Gasteiger partial charge in [0.25, 0.3) is 0 Å². The number of nitrogens with two attached hydrogens (primary N) is 1. The van der Waals surface area contributed by atoms with Crippen molar-refractivity contribution >= 4 is 11.6 Å². The molecule has 0 fully saturated rings. The highest BCUT2D eigenvalue weighted by Crippen LogP contribution is 2.27. The van der Waals surface area contributed by atoms with Crippen LogP contribution in [-0.4, -0.2) is 17.6 Å². The molecule has 1 atom stereocenters. The lowest BCUT2D eigenvalue weighted by Gasteiger charge is -2.20. The summed E-state index contributed by atoms with van der Waals surface area (Å²) in [7, 11) is 0. The Morgan fingerprint density at radius 2 is 1.92 bits per heavy atom. The number of rotatable bonds is 4. The van der Waals surface area contributed by atoms with E-state index in [0.717, 1.165) is 24.1 Å². The number of aryl methyl sites for hydroxylation is 2. The summed E-state index contributed by atoms with van der Waals surface area (Å²) in [6, 6.07) is 14.1. The van der Waals surface area contributed by atoms with Gasteiger partial charge in [0.05, 0.1) is 12.6 Å². The molecular formula is C20H25N3O. The number of nitrogens with zero attached hydrogens (tertiary/aromatic N) is 1. The average molecular weight is 323 g/mol. The first-order valence-electron chi connectivity index (χ1n) is 8.56. The molecule has 0 aromatic heterocycles. The maximum atomic E-state index is 10.2. The zero-order valence-electron chi connectivity index (χ0n) is 14.1. The summed E-state index contributed by atoms with van der Waals surface area (Å²) >= 11 is 0. The Balaban J connectivity index is 1.65. The molecule has 1 aliphatic carbocycles. The number of aliphatic imine (C=N–C) groups is 1. The van der Waals surface area contributed by atoms with E-state index in [9.17, 15) is 5.11 Å². The van der Waals surface area contributed by atoms with Gasteiger partial charge in [-0.05, 0) is 55.4 Å². The maximum absolute atomic E-state index is 10.2. The van der Waals surface area contributed by atoms with Gasteiger partial charge in [-0.3, -0.25) is 4.99 Å². The normalized spacial score (nSPS) is 15.7. The first kappa shape index (κ1) is 16.5. The minimum atomic E-state index is -0.643. The lowest BCUT2D eigenvalue weighted by atomic mass is 9.90. The van der Waals surface area contributed by atoms with Crippen LogP contribution in [-0.2, 0) is 12.8 Å². The Hall–Kier alpha value is -2.33. The number of guanidine groups is 1. The van der Waals surface area contributed by atoms with E-state index in [2.05, 4.69) is 22.4 Å². The fourth-order valence-electron chi connectivity index (χ4n) is 3.15. The molecule has 4 N–H and O–H groups in total. The van der Waals surface area contributed by atoms with Gasteiger partial charge in [0, 0.05) is 5.69 Å². The molecule has 0 spiro atoms. The summed E-state index contributed by atoms with van der Waals surface area (Å²) in [5.41, 5.74) is 11.8. The molecule has 0 heterocycles. The lowest BCUT2D eigenvalue weighted by molar-refractivity contribution is 0.187. The number of hydrogen-bond donors (Lipinski definition) is 3. The second-order valence-electron chi connectivity index (χ2n) is 6.43. The summed E-state index contributed by atoms with van der Waals surface area (Å²) in [5, 5.41) is 13.4. The smallest absolute Gasteiger partial charge is 0.193 e. The highest BCUT2D eigenvalue weighted by atomic mass is 16.3. The van der Waals surface area contributed by atoms with Crippen molar-refractivity contribution in [3.8, 4) is 0 Å². The molecule has 0 bridgehead atoms. The van der Waals surface area contributed by atoms with Gasteiger partial charge in [-0.2, -0.15) is 0 Å². The van der Waals surface area contributed by atoms with Crippen molar-refractivity contribution in [2.24, 2.45) is 10.7 Å². The van der Waals surface area contributed by atoms with E-state index in [1.807, 2.05) is 37.3 Å². The summed E-state index contributed by atoms with van der Waals surface area (Å²) < 4.78 is 0. The number of aliphatic hydroxyl groups excluding tert-OH is 1. The Bertz CT molecular complexity index is 722. The van der Waals surface area contributed by atoms with E-state index in [4.69, 9.17) is 5.73 Å². The molecule has 2 aromatic carbocycles. The predicted octanol–water partition coefficient (Wildman–Crippen LogP) is 3.33. The van der Waals surface area contributed by atoms with Gasteiger partial charge < -0.3 is 16.2 Å². The van der Waals surface area contributed by atoms with Crippen LogP contribution in [0.25, 0.3) is 0 Å². The summed E-state index contributed by atoms with van der Waals surface area (Å²) in [5.74, 6) is 0.347. The fourth-order valence-corrected chi connectivity index (χ4v) is 3.15. The Morgan fingerprint density at radius 1 is 1.17 bits per heavy atom. The summed E-state index contributed by atoms with van der Waals surface area (Å²) in [4.78, 5) is 4.30. The molecule has 24 heavy (non-hydrogen) atoms. The number of nitrogens with one attached hydrogen (secondary N) is 1. The SMILES string of the molecule is Cc1ccc(C(O)CN=C(N)Nc2cccc3c2CCCC3)cc1. The van der Waals surface area contributed by atoms with Crippen LogP contribution in [0.3, 0.4) is 0 Å². The standard InChI is InChI=1S/C20H25N3O/c1-14-9-11-16(12-10-14)19(24)13-22-20(21)23-18-8-4-6-15-5-2-3-7-17(15)18/h4,6,8-12,19,24H,2-3,5,7,13H2,1H3,(H3,21,22,23). The van der Waals surface area contributed by atoms with Crippen LogP contribution in [0.4, 0.5) is 5.69 Å². The third-order valence-corrected chi connectivity index (χ3v) is 4.56. The topological polar surface area (TPSA) is 70.6 Å². The lowest BCUT2D eigenvalue weighted by Crippen LogP contribution is -2.25. The number of benzene rings is 2. The Kier molecular flexibility index (Phi) is 5.16. The quantitative estimate of drug-likeness (QED) is 0.597. The molecule has 3 rings (SSSR count). The van der Waals surface area contributed by atoms with Gasteiger partial charge >= 0.3 is 0 Å². The molecule has 0 aliphatic heterocycles. The molecule has 0 saturated carbocycles. The third-order valence-electron chi connectivity index (χ3n) is 4.56. The van der Waals surface area contributed by atoms with Crippen LogP contribution < -0.4 is 11.1 Å². The van der Waals surface area contributed by atoms with Gasteiger partial charge in [0.15, 0.2) is 5.96 Å². The van der Waals surface area contributed by atoms with Gasteiger partial charge in [-0.1, -0.05) is 42.0 Å². The Labute approximate surface area is 143 Å². The van der Waals surface area contributed by atoms with Gasteiger partial charge in [-0.25, -0.2) is 0 Å². The van der Waals surface area contributed by atoms with Crippen LogP contribution in [0.2, 0.25) is 0 Å². The molecule has 126 valence electrons. The second-order valence-corrected chi connectivity index (χ2v) is 6.43. The van der Waals surface area contributed by atoms with Crippen LogP contribution in [0, 0.1) is 6.92 Å².